The summed E-state index contributed by atoms with van der Waals surface area (Å²) in [5.74, 6) is 0. The number of nitrogens with one attached hydrogen (secondary N) is 1. The van der Waals surface area contributed by atoms with E-state index < -0.39 is 81.0 Å². The quantitative estimate of drug-likeness (QED) is 0.194. The second-order valence-corrected chi connectivity index (χ2v) is 12.1. The van der Waals surface area contributed by atoms with E-state index in [4.69, 9.17) is 42.0 Å². The summed E-state index contributed by atoms with van der Waals surface area (Å²) in [4.78, 5) is 38.5. The molecule has 0 spiro atoms. The zero-order valence-electron chi connectivity index (χ0n) is 23.4. The molecule has 1 N–H and O–H groups in total. The summed E-state index contributed by atoms with van der Waals surface area (Å²) >= 11 is 0. The van der Waals surface area contributed by atoms with Crippen molar-refractivity contribution < 1.29 is 55.7 Å². The number of hydrogen-bond acceptors (Lipinski definition) is 13. The number of alkyl halides is 1. The zero-order chi connectivity index (χ0) is 30.7. The molecule has 0 bridgehead atoms. The van der Waals surface area contributed by atoms with Gasteiger partial charge in [-0.3, -0.25) is 27.8 Å². The Bertz CT molecular complexity index is 1440. The Morgan fingerprint density at radius 1 is 1.16 bits per heavy atom. The molecule has 2 unspecified atom stereocenters. The number of H-pyrrole nitrogens is 1. The van der Waals surface area contributed by atoms with Crippen LogP contribution in [0.1, 0.15) is 24.9 Å². The minimum absolute atomic E-state index is 0.0992. The number of hydrogen-bond donors (Lipinski definition) is 1. The van der Waals surface area contributed by atoms with Gasteiger partial charge in [0.05, 0.1) is 44.6 Å². The molecule has 6 atom stereocenters. The number of halogens is 1. The number of ether oxygens (including phenoxy) is 6. The number of methoxy groups -OCH3 is 1. The van der Waals surface area contributed by atoms with Crippen molar-refractivity contribution in [3.8, 4) is 0 Å². The molecule has 1 aliphatic carbocycles. The van der Waals surface area contributed by atoms with E-state index >= 15 is 4.39 Å². The van der Waals surface area contributed by atoms with Crippen molar-refractivity contribution in [1.82, 2.24) is 9.55 Å². The van der Waals surface area contributed by atoms with Crippen molar-refractivity contribution in [2.24, 2.45) is 5.41 Å². The summed E-state index contributed by atoms with van der Waals surface area (Å²) in [6.07, 6.45) is -1.43. The molecule has 236 valence electrons. The molecule has 2 aromatic rings. The van der Waals surface area contributed by atoms with Crippen molar-refractivity contribution >= 4 is 14.0 Å². The van der Waals surface area contributed by atoms with Crippen LogP contribution in [-0.2, 0) is 53.2 Å². The first kappa shape index (κ1) is 31.5. The third-order valence-corrected chi connectivity index (χ3v) is 8.89. The van der Waals surface area contributed by atoms with Gasteiger partial charge in [0.1, 0.15) is 11.7 Å². The summed E-state index contributed by atoms with van der Waals surface area (Å²) in [5.41, 5.74) is -3.62. The van der Waals surface area contributed by atoms with Crippen molar-refractivity contribution in [2.45, 2.75) is 50.3 Å². The summed E-state index contributed by atoms with van der Waals surface area (Å²) in [6.45, 7) is -1.86. The number of aromatic nitrogens is 2. The number of phosphoric acid groups is 1. The number of fused-ring (bicyclic) bond motifs is 1. The number of benzene rings is 1. The van der Waals surface area contributed by atoms with Gasteiger partial charge >= 0.3 is 19.7 Å². The Balaban J connectivity index is 1.36. The van der Waals surface area contributed by atoms with Gasteiger partial charge in [0.15, 0.2) is 6.10 Å². The van der Waals surface area contributed by atoms with E-state index in [0.29, 0.717) is 5.56 Å². The number of aromatic amines is 1. The average molecular weight is 631 g/mol. The maximum Gasteiger partial charge on any atom is 0.510 e. The monoisotopic (exact) mass is 630 g/mol. The Hall–Kier alpha value is -2.95. The van der Waals surface area contributed by atoms with E-state index in [-0.39, 0.29) is 26.2 Å². The lowest BCUT2D eigenvalue weighted by atomic mass is 9.84. The molecule has 17 heteroatoms. The van der Waals surface area contributed by atoms with Gasteiger partial charge in [-0.25, -0.2) is 18.7 Å². The average Bonchev–Trinajstić information content (AvgIpc) is 3.44. The maximum atomic E-state index is 15.1. The van der Waals surface area contributed by atoms with Crippen LogP contribution in [0.25, 0.3) is 0 Å². The van der Waals surface area contributed by atoms with Crippen LogP contribution < -0.4 is 11.2 Å². The summed E-state index contributed by atoms with van der Waals surface area (Å²) < 4.78 is 78.4. The number of carbonyl (C=O) groups is 1. The normalized spacial score (nSPS) is 29.9. The topological polar surface area (TPSA) is 172 Å². The Labute approximate surface area is 244 Å². The van der Waals surface area contributed by atoms with Crippen LogP contribution in [0.4, 0.5) is 9.18 Å². The van der Waals surface area contributed by atoms with Crippen molar-refractivity contribution in [3.05, 3.63) is 69.0 Å². The van der Waals surface area contributed by atoms with Crippen LogP contribution in [0.2, 0.25) is 0 Å². The Kier molecular flexibility index (Phi) is 9.49. The molecule has 1 aromatic carbocycles. The van der Waals surface area contributed by atoms with Crippen LogP contribution in [-0.4, -0.2) is 80.4 Å². The molecule has 1 saturated carbocycles. The predicted octanol–water partition coefficient (Wildman–Crippen LogP) is 2.41. The Morgan fingerprint density at radius 3 is 2.58 bits per heavy atom. The van der Waals surface area contributed by atoms with Crippen molar-refractivity contribution in [2.75, 3.05) is 40.4 Å². The van der Waals surface area contributed by atoms with E-state index in [1.165, 1.54) is 17.9 Å². The summed E-state index contributed by atoms with van der Waals surface area (Å²) in [7, 11) is -3.21. The van der Waals surface area contributed by atoms with E-state index in [1.807, 2.05) is 0 Å². The molecule has 15 nitrogen and oxygen atoms in total. The molecule has 3 heterocycles. The van der Waals surface area contributed by atoms with E-state index in [0.717, 1.165) is 6.07 Å². The van der Waals surface area contributed by atoms with Gasteiger partial charge in [0, 0.05) is 19.4 Å². The van der Waals surface area contributed by atoms with Crippen LogP contribution in [0, 0.1) is 5.41 Å². The van der Waals surface area contributed by atoms with Gasteiger partial charge in [0.2, 0.25) is 6.79 Å². The van der Waals surface area contributed by atoms with Gasteiger partial charge in [-0.1, -0.05) is 30.3 Å². The first-order chi connectivity index (χ1) is 20.6. The molecule has 0 amide bonds. The third kappa shape index (κ3) is 6.76. The lowest BCUT2D eigenvalue weighted by molar-refractivity contribution is -0.251. The number of rotatable bonds is 13. The smallest absolute Gasteiger partial charge is 0.426 e. The lowest BCUT2D eigenvalue weighted by Crippen LogP contribution is -2.47. The number of carbonyl (C=O) groups excluding carboxylic acids is 1. The highest BCUT2D eigenvalue weighted by Crippen LogP contribution is 2.60. The minimum atomic E-state index is -4.53. The number of nitrogens with zero attached hydrogens (tertiary/aromatic N) is 1. The van der Waals surface area contributed by atoms with Gasteiger partial charge in [-0.15, -0.1) is 0 Å². The first-order valence-corrected chi connectivity index (χ1v) is 14.8. The highest BCUT2D eigenvalue weighted by Gasteiger charge is 2.68. The molecule has 1 aromatic heterocycles. The van der Waals surface area contributed by atoms with E-state index in [1.54, 1.807) is 37.3 Å². The maximum absolute atomic E-state index is 15.1. The highest BCUT2D eigenvalue weighted by atomic mass is 31.2. The molecule has 5 rings (SSSR count). The molecule has 2 aliphatic heterocycles. The largest absolute Gasteiger partial charge is 0.510 e. The van der Waals surface area contributed by atoms with E-state index in [2.05, 4.69) is 4.98 Å². The zero-order valence-corrected chi connectivity index (χ0v) is 24.3. The fourth-order valence-electron chi connectivity index (χ4n) is 5.33. The molecule has 2 saturated heterocycles. The van der Waals surface area contributed by atoms with Crippen molar-refractivity contribution in [3.63, 3.8) is 0 Å². The van der Waals surface area contributed by atoms with Gasteiger partial charge in [-0.2, -0.15) is 0 Å². The van der Waals surface area contributed by atoms with Gasteiger partial charge < -0.3 is 28.4 Å². The van der Waals surface area contributed by atoms with Crippen LogP contribution in [0.15, 0.2) is 52.2 Å². The minimum Gasteiger partial charge on any atom is -0.426 e. The standard InChI is InChI=1S/C26H32FN2O13P/c1-25-19(29-9-8-20(30)28-22(29)31)10-26(14-27,21(25)41-24(34-2)42-25)15-38-43(33,37-11-17-6-4-3-5-7-17)39-16-36-23(32)40-18-12-35-13-18/h3-9,18-19,21,24H,10-16H2,1-2H3,(H,28,30,31)/t19-,21+,24?,25+,26+,43?/m1/s1. The van der Waals surface area contributed by atoms with Gasteiger partial charge in [-0.05, 0) is 18.9 Å². The first-order valence-electron chi connectivity index (χ1n) is 13.3. The number of phosphoric ester groups is 1. The van der Waals surface area contributed by atoms with E-state index in [9.17, 15) is 18.9 Å². The van der Waals surface area contributed by atoms with Crippen LogP contribution >= 0.6 is 7.82 Å². The summed E-state index contributed by atoms with van der Waals surface area (Å²) in [6, 6.07) is 8.99. The molecule has 0 radical (unpaired) electrons. The molecule has 43 heavy (non-hydrogen) atoms. The molecule has 3 fully saturated rings. The Morgan fingerprint density at radius 2 is 1.93 bits per heavy atom. The van der Waals surface area contributed by atoms with Gasteiger partial charge in [0.25, 0.3) is 12.0 Å². The fraction of sp³-hybridized carbons (Fsp3) is 0.577. The third-order valence-electron chi connectivity index (χ3n) is 7.58. The van der Waals surface area contributed by atoms with Crippen LogP contribution in [0.3, 0.4) is 0 Å². The highest BCUT2D eigenvalue weighted by molar-refractivity contribution is 7.48. The lowest BCUT2D eigenvalue weighted by Gasteiger charge is -2.33. The molecule has 3 aliphatic rings. The second-order valence-electron chi connectivity index (χ2n) is 10.5. The SMILES string of the molecule is COC1O[C@@H]2[C@@](CF)(COP(=O)(OCOC(=O)OC3COC3)OCc3ccccc3)C[C@@H](n3ccc(=O)[nH]c3=O)[C@]2(C)O1. The molecular weight excluding hydrogens is 598 g/mol. The molecular formula is C26H32FN2O13P. The summed E-state index contributed by atoms with van der Waals surface area (Å²) in [5, 5.41) is 0. The van der Waals surface area contributed by atoms with Crippen LogP contribution in [0.5, 0.6) is 0 Å². The second kappa shape index (κ2) is 13.0. The van der Waals surface area contributed by atoms with Crippen molar-refractivity contribution in [1.29, 1.82) is 0 Å². The fourth-order valence-corrected chi connectivity index (χ4v) is 6.46. The predicted molar refractivity (Wildman–Crippen MR) is 141 cm³/mol.